The van der Waals surface area contributed by atoms with Crippen LogP contribution in [0.5, 0.6) is 0 Å². The molecule has 0 unspecified atom stereocenters. The quantitative estimate of drug-likeness (QED) is 0.634. The van der Waals surface area contributed by atoms with Crippen molar-refractivity contribution < 1.29 is 0 Å². The van der Waals surface area contributed by atoms with E-state index in [4.69, 9.17) is 5.73 Å². The van der Waals surface area contributed by atoms with Crippen LogP contribution in [0, 0.1) is 6.92 Å². The lowest BCUT2D eigenvalue weighted by molar-refractivity contribution is 1.25. The number of benzene rings is 1. The number of aromatic amines is 1. The summed E-state index contributed by atoms with van der Waals surface area (Å²) in [7, 11) is 0. The van der Waals surface area contributed by atoms with Crippen molar-refractivity contribution in [1.29, 1.82) is 0 Å². The molecule has 3 nitrogen and oxygen atoms in total. The van der Waals surface area contributed by atoms with Gasteiger partial charge in [-0.05, 0) is 19.1 Å². The van der Waals surface area contributed by atoms with E-state index in [-0.39, 0.29) is 5.43 Å². The summed E-state index contributed by atoms with van der Waals surface area (Å²) >= 11 is 0. The van der Waals surface area contributed by atoms with Gasteiger partial charge in [-0.15, -0.1) is 0 Å². The number of nitrogen functional groups attached to an aromatic ring is 1. The minimum atomic E-state index is -0.0909. The second kappa shape index (κ2) is 2.62. The number of hydrogen-bond acceptors (Lipinski definition) is 2. The molecule has 0 aliphatic rings. The highest BCUT2D eigenvalue weighted by Crippen LogP contribution is 2.10. The minimum absolute atomic E-state index is 0.0909. The largest absolute Gasteiger partial charge is 0.394 e. The highest BCUT2D eigenvalue weighted by Gasteiger charge is 2.03. The second-order valence-corrected chi connectivity index (χ2v) is 3.04. The van der Waals surface area contributed by atoms with Crippen molar-refractivity contribution in [1.82, 2.24) is 4.98 Å². The Morgan fingerprint density at radius 3 is 2.77 bits per heavy atom. The Morgan fingerprint density at radius 1 is 1.31 bits per heavy atom. The highest BCUT2D eigenvalue weighted by atomic mass is 16.1. The lowest BCUT2D eigenvalue weighted by Gasteiger charge is -2.02. The van der Waals surface area contributed by atoms with Crippen LogP contribution in [0.3, 0.4) is 0 Å². The Bertz CT molecular complexity index is 514. The topological polar surface area (TPSA) is 58.9 Å². The summed E-state index contributed by atoms with van der Waals surface area (Å²) in [6, 6.07) is 7.34. The van der Waals surface area contributed by atoms with Crippen LogP contribution in [-0.2, 0) is 0 Å². The molecule has 1 heterocycles. The van der Waals surface area contributed by atoms with Crippen molar-refractivity contribution in [2.24, 2.45) is 0 Å². The normalized spacial score (nSPS) is 10.5. The van der Waals surface area contributed by atoms with E-state index in [1.807, 2.05) is 18.2 Å². The summed E-state index contributed by atoms with van der Waals surface area (Å²) in [5, 5.41) is 0.644. The average Bonchev–Trinajstić information content (AvgIpc) is 2.15. The third-order valence-electron chi connectivity index (χ3n) is 2.14. The van der Waals surface area contributed by atoms with E-state index in [1.54, 1.807) is 13.0 Å². The van der Waals surface area contributed by atoms with E-state index >= 15 is 0 Å². The first-order chi connectivity index (χ1) is 6.20. The summed E-state index contributed by atoms with van der Waals surface area (Å²) in [6.45, 7) is 1.79. The number of H-pyrrole nitrogens is 1. The zero-order valence-electron chi connectivity index (χ0n) is 7.29. The molecule has 0 radical (unpaired) electrons. The Kier molecular flexibility index (Phi) is 1.59. The van der Waals surface area contributed by atoms with Gasteiger partial charge in [0.05, 0.1) is 5.69 Å². The number of pyridine rings is 1. The lowest BCUT2D eigenvalue weighted by Crippen LogP contribution is -2.11. The second-order valence-electron chi connectivity index (χ2n) is 3.04. The standard InChI is InChI=1S/C10H10N2O/c1-6-9(11)10(13)7-4-2-3-5-8(7)12-6/h2-5H,11H2,1H3,(H,12,13). The first-order valence-corrected chi connectivity index (χ1v) is 4.07. The molecule has 0 saturated heterocycles. The number of aryl methyl sites for hydroxylation is 1. The maximum atomic E-state index is 11.6. The van der Waals surface area contributed by atoms with Crippen LogP contribution in [0.15, 0.2) is 29.1 Å². The molecule has 13 heavy (non-hydrogen) atoms. The highest BCUT2D eigenvalue weighted by molar-refractivity contribution is 5.81. The van der Waals surface area contributed by atoms with Crippen molar-refractivity contribution in [3.63, 3.8) is 0 Å². The van der Waals surface area contributed by atoms with Crippen LogP contribution in [-0.4, -0.2) is 4.98 Å². The molecule has 0 atom stereocenters. The molecule has 0 aliphatic carbocycles. The van der Waals surface area contributed by atoms with E-state index in [1.165, 1.54) is 0 Å². The van der Waals surface area contributed by atoms with Gasteiger partial charge in [0.1, 0.15) is 0 Å². The molecule has 66 valence electrons. The number of nitrogens with two attached hydrogens (primary N) is 1. The summed E-state index contributed by atoms with van der Waals surface area (Å²) in [5.41, 5.74) is 7.38. The van der Waals surface area contributed by atoms with Gasteiger partial charge in [-0.25, -0.2) is 0 Å². The number of aromatic nitrogens is 1. The van der Waals surface area contributed by atoms with Gasteiger partial charge in [0.25, 0.3) is 0 Å². The van der Waals surface area contributed by atoms with Crippen molar-refractivity contribution >= 4 is 16.6 Å². The first-order valence-electron chi connectivity index (χ1n) is 4.07. The Balaban J connectivity index is 3.03. The fourth-order valence-electron chi connectivity index (χ4n) is 1.37. The van der Waals surface area contributed by atoms with Crippen molar-refractivity contribution in [2.45, 2.75) is 6.92 Å². The van der Waals surface area contributed by atoms with Gasteiger partial charge >= 0.3 is 0 Å². The molecule has 1 aromatic heterocycles. The van der Waals surface area contributed by atoms with Crippen LogP contribution in [0.1, 0.15) is 5.69 Å². The smallest absolute Gasteiger partial charge is 0.212 e. The Hall–Kier alpha value is -1.77. The van der Waals surface area contributed by atoms with Crippen molar-refractivity contribution in [3.8, 4) is 0 Å². The molecular weight excluding hydrogens is 164 g/mol. The fourth-order valence-corrected chi connectivity index (χ4v) is 1.37. The number of anilines is 1. The summed E-state index contributed by atoms with van der Waals surface area (Å²) in [4.78, 5) is 14.7. The molecule has 0 fully saturated rings. The number of hydrogen-bond donors (Lipinski definition) is 2. The SMILES string of the molecule is Cc1[nH]c2ccccc2c(=O)c1N. The third kappa shape index (κ3) is 1.09. The third-order valence-corrected chi connectivity index (χ3v) is 2.14. The van der Waals surface area contributed by atoms with Crippen LogP contribution in [0.4, 0.5) is 5.69 Å². The van der Waals surface area contributed by atoms with Crippen molar-refractivity contribution in [3.05, 3.63) is 40.2 Å². The van der Waals surface area contributed by atoms with Gasteiger partial charge in [0, 0.05) is 16.6 Å². The van der Waals surface area contributed by atoms with Crippen LogP contribution in [0.2, 0.25) is 0 Å². The number of para-hydroxylation sites is 1. The average molecular weight is 174 g/mol. The van der Waals surface area contributed by atoms with Gasteiger partial charge in [0.2, 0.25) is 5.43 Å². The van der Waals surface area contributed by atoms with Gasteiger partial charge < -0.3 is 10.7 Å². The van der Waals surface area contributed by atoms with Crippen LogP contribution in [0.25, 0.3) is 10.9 Å². The van der Waals surface area contributed by atoms with Gasteiger partial charge in [-0.1, -0.05) is 12.1 Å². The summed E-state index contributed by atoms with van der Waals surface area (Å²) in [6.07, 6.45) is 0. The number of rotatable bonds is 0. The maximum absolute atomic E-state index is 11.6. The van der Waals surface area contributed by atoms with E-state index in [9.17, 15) is 4.79 Å². The predicted octanol–water partition coefficient (Wildman–Crippen LogP) is 1.42. The molecule has 0 amide bonds. The first kappa shape index (κ1) is 7.86. The number of nitrogens with one attached hydrogen (secondary N) is 1. The van der Waals surface area contributed by atoms with E-state index in [0.717, 1.165) is 11.2 Å². The Morgan fingerprint density at radius 2 is 2.00 bits per heavy atom. The van der Waals surface area contributed by atoms with Gasteiger partial charge in [-0.2, -0.15) is 0 Å². The molecule has 1 aromatic carbocycles. The number of fused-ring (bicyclic) bond motifs is 1. The fraction of sp³-hybridized carbons (Fsp3) is 0.100. The molecule has 2 aromatic rings. The lowest BCUT2D eigenvalue weighted by atomic mass is 10.2. The monoisotopic (exact) mass is 174 g/mol. The Labute approximate surface area is 75.2 Å². The molecule has 2 rings (SSSR count). The van der Waals surface area contributed by atoms with E-state index < -0.39 is 0 Å². The maximum Gasteiger partial charge on any atom is 0.212 e. The zero-order valence-corrected chi connectivity index (χ0v) is 7.29. The van der Waals surface area contributed by atoms with Crippen LogP contribution < -0.4 is 11.2 Å². The van der Waals surface area contributed by atoms with Crippen LogP contribution >= 0.6 is 0 Å². The molecule has 0 bridgehead atoms. The molecule has 0 spiro atoms. The van der Waals surface area contributed by atoms with Gasteiger partial charge in [0.15, 0.2) is 0 Å². The molecular formula is C10H10N2O. The molecule has 0 aliphatic heterocycles. The molecule has 0 saturated carbocycles. The molecule has 3 N–H and O–H groups in total. The van der Waals surface area contributed by atoms with E-state index in [0.29, 0.717) is 11.1 Å². The summed E-state index contributed by atoms with van der Waals surface area (Å²) in [5.74, 6) is 0. The predicted molar refractivity (Wildman–Crippen MR) is 53.7 cm³/mol. The zero-order chi connectivity index (χ0) is 9.42. The van der Waals surface area contributed by atoms with E-state index in [2.05, 4.69) is 4.98 Å². The minimum Gasteiger partial charge on any atom is -0.394 e. The summed E-state index contributed by atoms with van der Waals surface area (Å²) < 4.78 is 0. The van der Waals surface area contributed by atoms with Crippen molar-refractivity contribution in [2.75, 3.05) is 5.73 Å². The van der Waals surface area contributed by atoms with Gasteiger partial charge in [-0.3, -0.25) is 4.79 Å². The molecule has 3 heteroatoms.